The smallest absolute Gasteiger partial charge is 0.320 e. The molecule has 8 nitrogen and oxygen atoms in total. The fourth-order valence-corrected chi connectivity index (χ4v) is 3.81. The van der Waals surface area contributed by atoms with Crippen molar-refractivity contribution >= 4 is 17.6 Å². The number of amidine groups is 1. The van der Waals surface area contributed by atoms with Gasteiger partial charge in [-0.1, -0.05) is 38.1 Å². The maximum Gasteiger partial charge on any atom is 0.320 e. The van der Waals surface area contributed by atoms with Crippen molar-refractivity contribution in [2.75, 3.05) is 20.1 Å². The van der Waals surface area contributed by atoms with Crippen molar-refractivity contribution in [1.82, 2.24) is 25.8 Å². The number of nitrogens with one attached hydrogen (secondary N) is 3. The Labute approximate surface area is 203 Å². The fourth-order valence-electron chi connectivity index (χ4n) is 3.81. The normalized spacial score (nSPS) is 19.2. The summed E-state index contributed by atoms with van der Waals surface area (Å²) in [6.07, 6.45) is 9.23. The average Bonchev–Trinajstić information content (AvgIpc) is 3.13. The highest BCUT2D eigenvalue weighted by atomic mass is 16.2. The molecule has 0 aromatic heterocycles. The number of hydrogen-bond donors (Lipinski definition) is 4. The highest BCUT2D eigenvalue weighted by molar-refractivity contribution is 6.08. The van der Waals surface area contributed by atoms with Gasteiger partial charge in [-0.15, -0.1) is 0 Å². The van der Waals surface area contributed by atoms with Crippen LogP contribution in [0.4, 0.5) is 10.5 Å². The molecule has 8 heteroatoms. The molecular weight excluding hydrogens is 426 g/mol. The molecule has 0 saturated heterocycles. The van der Waals surface area contributed by atoms with E-state index in [0.29, 0.717) is 23.7 Å². The molecule has 182 valence electrons. The van der Waals surface area contributed by atoms with Gasteiger partial charge in [-0.3, -0.25) is 5.32 Å². The second-order valence-corrected chi connectivity index (χ2v) is 8.53. The first-order valence-electron chi connectivity index (χ1n) is 11.8. The Morgan fingerprint density at radius 2 is 1.94 bits per heavy atom. The lowest BCUT2D eigenvalue weighted by Crippen LogP contribution is -2.48. The van der Waals surface area contributed by atoms with Gasteiger partial charge >= 0.3 is 6.03 Å². The number of fused-ring (bicyclic) bond motifs is 1. The lowest BCUT2D eigenvalue weighted by atomic mass is 10.0. The number of aliphatic imine (C=N–C) groups is 1. The summed E-state index contributed by atoms with van der Waals surface area (Å²) in [7, 11) is 2.07. The second-order valence-electron chi connectivity index (χ2n) is 8.53. The van der Waals surface area contributed by atoms with Gasteiger partial charge in [0.15, 0.2) is 0 Å². The first-order chi connectivity index (χ1) is 16.3. The van der Waals surface area contributed by atoms with Crippen molar-refractivity contribution in [2.24, 2.45) is 10.7 Å². The third-order valence-corrected chi connectivity index (χ3v) is 6.10. The minimum absolute atomic E-state index is 0.0164. The van der Waals surface area contributed by atoms with Crippen molar-refractivity contribution in [3.05, 3.63) is 77.4 Å². The van der Waals surface area contributed by atoms with E-state index in [0.717, 1.165) is 24.2 Å². The van der Waals surface area contributed by atoms with Crippen LogP contribution in [0.1, 0.15) is 34.1 Å². The van der Waals surface area contributed by atoms with Gasteiger partial charge in [0.2, 0.25) is 0 Å². The van der Waals surface area contributed by atoms with Gasteiger partial charge in [0, 0.05) is 54.6 Å². The number of allylic oxidation sites excluding steroid dienone is 2. The number of carbonyl (C=O) groups is 1. The van der Waals surface area contributed by atoms with Crippen LogP contribution in [0.25, 0.3) is 0 Å². The Kier molecular flexibility index (Phi) is 8.54. The summed E-state index contributed by atoms with van der Waals surface area (Å²) in [4.78, 5) is 21.9. The number of carbonyl (C=O) groups excluding carboxylic acids is 1. The van der Waals surface area contributed by atoms with Crippen molar-refractivity contribution in [2.45, 2.75) is 46.3 Å². The minimum atomic E-state index is -0.306. The third-order valence-electron chi connectivity index (χ3n) is 6.10. The van der Waals surface area contributed by atoms with Gasteiger partial charge in [0.25, 0.3) is 0 Å². The zero-order valence-electron chi connectivity index (χ0n) is 20.8. The molecule has 2 atom stereocenters. The van der Waals surface area contributed by atoms with Gasteiger partial charge in [-0.25, -0.2) is 9.79 Å². The quantitative estimate of drug-likeness (QED) is 0.349. The van der Waals surface area contributed by atoms with Gasteiger partial charge in [0.05, 0.1) is 5.69 Å². The van der Waals surface area contributed by atoms with Gasteiger partial charge in [-0.05, 0) is 45.0 Å². The third kappa shape index (κ3) is 6.08. The van der Waals surface area contributed by atoms with E-state index in [1.807, 2.05) is 63.4 Å². The number of rotatable bonds is 8. The maximum atomic E-state index is 12.9. The molecule has 5 N–H and O–H groups in total. The van der Waals surface area contributed by atoms with Crippen LogP contribution >= 0.6 is 0 Å². The SMILES string of the molecule is CCNC[C@H](CC)NC(=O)NC(=Nc1ccccc1)C(C)=C(N)C1=CN2C=C(C)N(C)C2C=C1. The first kappa shape index (κ1) is 25.1. The maximum absolute atomic E-state index is 12.9. The highest BCUT2D eigenvalue weighted by Crippen LogP contribution is 2.28. The molecule has 0 fully saturated rings. The number of para-hydroxylation sites is 1. The van der Waals surface area contributed by atoms with E-state index >= 15 is 0 Å². The molecule has 34 heavy (non-hydrogen) atoms. The van der Waals surface area contributed by atoms with Crippen LogP contribution in [0.2, 0.25) is 0 Å². The summed E-state index contributed by atoms with van der Waals surface area (Å²) in [5, 5.41) is 9.24. The molecule has 2 aliphatic rings. The summed E-state index contributed by atoms with van der Waals surface area (Å²) in [5.74, 6) is 0.418. The molecule has 1 aromatic rings. The van der Waals surface area contributed by atoms with E-state index in [1.165, 1.54) is 5.70 Å². The van der Waals surface area contributed by atoms with Crippen molar-refractivity contribution in [1.29, 1.82) is 0 Å². The van der Waals surface area contributed by atoms with Crippen molar-refractivity contribution in [3.8, 4) is 0 Å². The summed E-state index contributed by atoms with van der Waals surface area (Å²) >= 11 is 0. The number of likely N-dealkylation sites (N-methyl/N-ethyl adjacent to an activating group) is 2. The van der Waals surface area contributed by atoms with Crippen LogP contribution in [0.5, 0.6) is 0 Å². The molecule has 1 aromatic carbocycles. The highest BCUT2D eigenvalue weighted by Gasteiger charge is 2.27. The number of nitrogens with zero attached hydrogens (tertiary/aromatic N) is 3. The van der Waals surface area contributed by atoms with E-state index in [2.05, 4.69) is 52.0 Å². The average molecular weight is 464 g/mol. The monoisotopic (exact) mass is 463 g/mol. The van der Waals surface area contributed by atoms with Crippen LogP contribution < -0.4 is 21.7 Å². The second kappa shape index (κ2) is 11.6. The van der Waals surface area contributed by atoms with Gasteiger partial charge < -0.3 is 26.2 Å². The topological polar surface area (TPSA) is 98.0 Å². The van der Waals surface area contributed by atoms with E-state index in [1.54, 1.807) is 0 Å². The first-order valence-corrected chi connectivity index (χ1v) is 11.8. The van der Waals surface area contributed by atoms with Crippen LogP contribution in [-0.4, -0.2) is 54.0 Å². The predicted octanol–water partition coefficient (Wildman–Crippen LogP) is 3.53. The van der Waals surface area contributed by atoms with Crippen molar-refractivity contribution in [3.63, 3.8) is 0 Å². The molecule has 2 heterocycles. The summed E-state index contributed by atoms with van der Waals surface area (Å²) < 4.78 is 0. The van der Waals surface area contributed by atoms with E-state index in [-0.39, 0.29) is 18.2 Å². The Morgan fingerprint density at radius 1 is 1.21 bits per heavy atom. The Hall–Kier alpha value is -3.52. The lowest BCUT2D eigenvalue weighted by Gasteiger charge is -2.30. The lowest BCUT2D eigenvalue weighted by molar-refractivity contribution is 0.240. The number of urea groups is 1. The van der Waals surface area contributed by atoms with Crippen molar-refractivity contribution < 1.29 is 4.79 Å². The zero-order chi connectivity index (χ0) is 24.7. The molecule has 3 rings (SSSR count). The molecule has 0 bridgehead atoms. The Balaban J connectivity index is 1.87. The van der Waals surface area contributed by atoms with Crippen LogP contribution in [0.3, 0.4) is 0 Å². The van der Waals surface area contributed by atoms with Crippen LogP contribution in [0, 0.1) is 0 Å². The summed E-state index contributed by atoms with van der Waals surface area (Å²) in [6.45, 7) is 9.61. The van der Waals surface area contributed by atoms with Crippen LogP contribution in [-0.2, 0) is 0 Å². The molecule has 0 spiro atoms. The van der Waals surface area contributed by atoms with Gasteiger partial charge in [0.1, 0.15) is 12.0 Å². The van der Waals surface area contributed by atoms with E-state index in [9.17, 15) is 4.79 Å². The summed E-state index contributed by atoms with van der Waals surface area (Å²) in [6, 6.07) is 9.24. The number of benzene rings is 1. The van der Waals surface area contributed by atoms with Gasteiger partial charge in [-0.2, -0.15) is 0 Å². The van der Waals surface area contributed by atoms with E-state index < -0.39 is 0 Å². The number of hydrogen-bond acceptors (Lipinski definition) is 6. The molecule has 2 amide bonds. The van der Waals surface area contributed by atoms with E-state index in [4.69, 9.17) is 10.7 Å². The molecular formula is C26H37N7O. The standard InChI is InChI=1S/C26H37N7O/c1-6-21(15-28-7-2)30-26(34)31-25(29-22-11-9-8-10-12-22)19(4)24(27)20-13-14-23-32(5)18(3)16-33(23)17-20/h8-14,16-17,21,23,28H,6-7,15,27H2,1-5H3,(H2,29,30,31,34)/t21-,23?/m0/s1. The molecule has 2 aliphatic heterocycles. The predicted molar refractivity (Wildman–Crippen MR) is 139 cm³/mol. The molecule has 0 saturated carbocycles. The van der Waals surface area contributed by atoms with Crippen LogP contribution in [0.15, 0.2) is 82.4 Å². The minimum Gasteiger partial charge on any atom is -0.398 e. The molecule has 0 aliphatic carbocycles. The Morgan fingerprint density at radius 3 is 2.62 bits per heavy atom. The number of nitrogens with two attached hydrogens (primary N) is 1. The summed E-state index contributed by atoms with van der Waals surface area (Å²) in [5.41, 5.74) is 10.6. The zero-order valence-corrected chi connectivity index (χ0v) is 20.8. The number of amides is 2. The largest absolute Gasteiger partial charge is 0.398 e. The molecule has 0 radical (unpaired) electrons. The fraction of sp³-hybridized carbons (Fsp3) is 0.385. The molecule has 1 unspecified atom stereocenters. The Bertz CT molecular complexity index is 1020.